The van der Waals surface area contributed by atoms with Crippen molar-refractivity contribution in [3.8, 4) is 11.3 Å². The van der Waals surface area contributed by atoms with Crippen molar-refractivity contribution in [3.63, 3.8) is 0 Å². The predicted octanol–water partition coefficient (Wildman–Crippen LogP) is 6.02. The number of hydrogen-bond acceptors (Lipinski definition) is 2. The van der Waals surface area contributed by atoms with Crippen molar-refractivity contribution in [1.29, 1.82) is 0 Å². The van der Waals surface area contributed by atoms with Gasteiger partial charge in [0.2, 0.25) is 5.69 Å². The SMILES string of the molecule is Cc1ccc(-c2cc3sc4cc5cc(C)ccc5nc4c3c[n+]2C)c(C)c1. The van der Waals surface area contributed by atoms with E-state index in [0.29, 0.717) is 0 Å². The van der Waals surface area contributed by atoms with E-state index in [4.69, 9.17) is 4.98 Å². The number of fused-ring (bicyclic) bond motifs is 4. The zero-order valence-corrected chi connectivity index (χ0v) is 16.8. The summed E-state index contributed by atoms with van der Waals surface area (Å²) in [5.41, 5.74) is 8.58. The lowest BCUT2D eigenvalue weighted by molar-refractivity contribution is -0.659. The first-order valence-electron chi connectivity index (χ1n) is 9.20. The van der Waals surface area contributed by atoms with Crippen LogP contribution in [0.5, 0.6) is 0 Å². The highest BCUT2D eigenvalue weighted by Crippen LogP contribution is 2.36. The second kappa shape index (κ2) is 5.86. The number of nitrogens with zero attached hydrogens (tertiary/aromatic N) is 2. The average molecular weight is 370 g/mol. The van der Waals surface area contributed by atoms with Gasteiger partial charge in [-0.2, -0.15) is 0 Å². The Balaban J connectivity index is 1.80. The van der Waals surface area contributed by atoms with Crippen LogP contribution in [0.15, 0.2) is 54.7 Å². The fraction of sp³-hybridized carbons (Fsp3) is 0.167. The summed E-state index contributed by atoms with van der Waals surface area (Å²) in [6.45, 7) is 6.46. The maximum atomic E-state index is 4.98. The van der Waals surface area contributed by atoms with E-state index < -0.39 is 0 Å². The van der Waals surface area contributed by atoms with Crippen LogP contribution in [-0.2, 0) is 7.05 Å². The molecule has 0 N–H and O–H groups in total. The number of aryl methyl sites for hydroxylation is 4. The van der Waals surface area contributed by atoms with E-state index in [1.54, 1.807) is 0 Å². The summed E-state index contributed by atoms with van der Waals surface area (Å²) in [6, 6.07) is 17.7. The van der Waals surface area contributed by atoms with Gasteiger partial charge in [0.25, 0.3) is 0 Å². The van der Waals surface area contributed by atoms with E-state index >= 15 is 0 Å². The summed E-state index contributed by atoms with van der Waals surface area (Å²) < 4.78 is 4.77. The number of pyridine rings is 2. The molecule has 0 saturated heterocycles. The van der Waals surface area contributed by atoms with Crippen molar-refractivity contribution in [3.05, 3.63) is 71.4 Å². The Kier molecular flexibility index (Phi) is 3.56. The van der Waals surface area contributed by atoms with E-state index in [9.17, 15) is 0 Å². The minimum atomic E-state index is 1.06. The van der Waals surface area contributed by atoms with Crippen LogP contribution < -0.4 is 4.57 Å². The monoisotopic (exact) mass is 369 g/mol. The normalized spacial score (nSPS) is 11.7. The molecule has 27 heavy (non-hydrogen) atoms. The van der Waals surface area contributed by atoms with Gasteiger partial charge in [-0.3, -0.25) is 0 Å². The van der Waals surface area contributed by atoms with Crippen molar-refractivity contribution in [2.75, 3.05) is 0 Å². The standard InChI is InChI=1S/C24H21N2S/c1-14-5-7-18(16(3)9-14)21-12-22-19(13-26(21)4)24-23(27-22)11-17-10-15(2)6-8-20(17)25-24/h5-13H,1-4H3/q+1. The molecule has 0 saturated carbocycles. The lowest BCUT2D eigenvalue weighted by Gasteiger charge is -2.05. The van der Waals surface area contributed by atoms with Crippen LogP contribution in [0.4, 0.5) is 0 Å². The van der Waals surface area contributed by atoms with E-state index in [0.717, 1.165) is 11.0 Å². The van der Waals surface area contributed by atoms with Gasteiger partial charge in [0.05, 0.1) is 21.1 Å². The highest BCUT2D eigenvalue weighted by Gasteiger charge is 2.18. The lowest BCUT2D eigenvalue weighted by Crippen LogP contribution is -2.30. The molecule has 0 bridgehead atoms. The van der Waals surface area contributed by atoms with Gasteiger partial charge in [-0.05, 0) is 50.6 Å². The van der Waals surface area contributed by atoms with Crippen molar-refractivity contribution < 1.29 is 4.57 Å². The minimum absolute atomic E-state index is 1.06. The molecule has 0 atom stereocenters. The zero-order valence-electron chi connectivity index (χ0n) is 16.0. The maximum absolute atomic E-state index is 4.98. The zero-order chi connectivity index (χ0) is 18.7. The van der Waals surface area contributed by atoms with Gasteiger partial charge < -0.3 is 0 Å². The predicted molar refractivity (Wildman–Crippen MR) is 115 cm³/mol. The Morgan fingerprint density at radius 2 is 1.63 bits per heavy atom. The number of thiophene rings is 1. The van der Waals surface area contributed by atoms with E-state index in [-0.39, 0.29) is 0 Å². The molecular weight excluding hydrogens is 348 g/mol. The topological polar surface area (TPSA) is 16.8 Å². The number of hydrogen-bond donors (Lipinski definition) is 0. The van der Waals surface area contributed by atoms with Crippen LogP contribution in [0.2, 0.25) is 0 Å². The molecule has 0 aliphatic rings. The number of rotatable bonds is 1. The Labute approximate surface area is 162 Å². The third-order valence-electron chi connectivity index (χ3n) is 5.30. The van der Waals surface area contributed by atoms with Crippen molar-refractivity contribution in [2.24, 2.45) is 7.05 Å². The lowest BCUT2D eigenvalue weighted by atomic mass is 10.0. The van der Waals surface area contributed by atoms with Crippen molar-refractivity contribution >= 4 is 42.5 Å². The molecule has 3 heterocycles. The molecule has 0 fully saturated rings. The van der Waals surface area contributed by atoms with Crippen LogP contribution in [0.1, 0.15) is 16.7 Å². The molecule has 3 aromatic heterocycles. The molecule has 3 heteroatoms. The fourth-order valence-electron chi connectivity index (χ4n) is 3.93. The van der Waals surface area contributed by atoms with Crippen LogP contribution in [-0.4, -0.2) is 4.98 Å². The van der Waals surface area contributed by atoms with Gasteiger partial charge >= 0.3 is 0 Å². The van der Waals surface area contributed by atoms with Crippen molar-refractivity contribution in [2.45, 2.75) is 20.8 Å². The van der Waals surface area contributed by atoms with Crippen LogP contribution in [0.25, 0.3) is 42.5 Å². The molecule has 0 amide bonds. The third kappa shape index (κ3) is 2.62. The first-order chi connectivity index (χ1) is 13.0. The fourth-order valence-corrected chi connectivity index (χ4v) is 5.03. The van der Waals surface area contributed by atoms with Crippen LogP contribution in [0.3, 0.4) is 0 Å². The van der Waals surface area contributed by atoms with Gasteiger partial charge in [0.1, 0.15) is 7.05 Å². The molecule has 5 rings (SSSR count). The molecule has 0 aliphatic heterocycles. The molecule has 0 spiro atoms. The smallest absolute Gasteiger partial charge is 0.213 e. The van der Waals surface area contributed by atoms with Crippen LogP contribution >= 0.6 is 11.3 Å². The first-order valence-corrected chi connectivity index (χ1v) is 10.0. The molecule has 2 nitrogen and oxygen atoms in total. The quantitative estimate of drug-likeness (QED) is 0.330. The number of aromatic nitrogens is 2. The van der Waals surface area contributed by atoms with Crippen LogP contribution in [0, 0.1) is 20.8 Å². The third-order valence-corrected chi connectivity index (χ3v) is 6.39. The summed E-state index contributed by atoms with van der Waals surface area (Å²) in [5.74, 6) is 0. The second-order valence-electron chi connectivity index (χ2n) is 7.50. The average Bonchev–Trinajstić information content (AvgIpc) is 2.96. The van der Waals surface area contributed by atoms with Gasteiger partial charge in [-0.1, -0.05) is 29.3 Å². The summed E-state index contributed by atoms with van der Waals surface area (Å²) in [4.78, 5) is 4.98. The van der Waals surface area contributed by atoms with E-state index in [1.807, 2.05) is 11.3 Å². The summed E-state index contributed by atoms with van der Waals surface area (Å²) >= 11 is 1.83. The summed E-state index contributed by atoms with van der Waals surface area (Å²) in [7, 11) is 2.13. The largest absolute Gasteiger partial charge is 0.246 e. The summed E-state index contributed by atoms with van der Waals surface area (Å²) in [5, 5.41) is 2.45. The first kappa shape index (κ1) is 16.4. The summed E-state index contributed by atoms with van der Waals surface area (Å²) in [6.07, 6.45) is 2.23. The number of benzene rings is 2. The maximum Gasteiger partial charge on any atom is 0.213 e. The molecule has 0 unspecified atom stereocenters. The Bertz CT molecular complexity index is 1360. The highest BCUT2D eigenvalue weighted by atomic mass is 32.1. The van der Waals surface area contributed by atoms with Crippen molar-refractivity contribution in [1.82, 2.24) is 4.98 Å². The molecule has 2 aromatic carbocycles. The van der Waals surface area contributed by atoms with E-state index in [2.05, 4.69) is 87.1 Å². The van der Waals surface area contributed by atoms with E-state index in [1.165, 1.54) is 48.1 Å². The van der Waals surface area contributed by atoms with Gasteiger partial charge in [0.15, 0.2) is 6.20 Å². The Morgan fingerprint density at radius 3 is 2.44 bits per heavy atom. The molecule has 0 aliphatic carbocycles. The Hall–Kier alpha value is -2.78. The van der Waals surface area contributed by atoms with Gasteiger partial charge in [-0.15, -0.1) is 11.3 Å². The van der Waals surface area contributed by atoms with Gasteiger partial charge in [-0.25, -0.2) is 9.55 Å². The van der Waals surface area contributed by atoms with Gasteiger partial charge in [0, 0.05) is 21.7 Å². The Morgan fingerprint density at radius 1 is 0.852 bits per heavy atom. The molecule has 132 valence electrons. The molecule has 5 aromatic rings. The minimum Gasteiger partial charge on any atom is -0.246 e. The molecule has 0 radical (unpaired) electrons. The second-order valence-corrected chi connectivity index (χ2v) is 8.58. The highest BCUT2D eigenvalue weighted by molar-refractivity contribution is 7.25. The molecular formula is C24H21N2S+.